The Morgan fingerprint density at radius 2 is 2.09 bits per heavy atom. The Bertz CT molecular complexity index is 669. The van der Waals surface area contributed by atoms with Crippen LogP contribution in [0.15, 0.2) is 27.6 Å². The minimum atomic E-state index is 0.0360. The topological polar surface area (TPSA) is 29.5 Å². The predicted molar refractivity (Wildman–Crippen MR) is 103 cm³/mol. The van der Waals surface area contributed by atoms with Crippen LogP contribution in [0, 0.1) is 0 Å². The number of rotatable bonds is 3. The van der Waals surface area contributed by atoms with Gasteiger partial charge in [-0.3, -0.25) is 9.69 Å². The van der Waals surface area contributed by atoms with Crippen molar-refractivity contribution in [1.82, 2.24) is 4.90 Å². The first kappa shape index (κ1) is 17.0. The highest BCUT2D eigenvalue weighted by molar-refractivity contribution is 9.10. The molecule has 0 atom stereocenters. The molecule has 0 bridgehead atoms. The summed E-state index contributed by atoms with van der Waals surface area (Å²) in [5, 5.41) is 0. The van der Waals surface area contributed by atoms with E-state index in [0.717, 1.165) is 28.6 Å². The molecule has 3 rings (SSSR count). The van der Waals surface area contributed by atoms with E-state index in [4.69, 9.17) is 17.0 Å². The molecule has 1 saturated heterocycles. The van der Waals surface area contributed by atoms with E-state index >= 15 is 0 Å². The number of halogens is 1. The zero-order valence-corrected chi connectivity index (χ0v) is 16.1. The van der Waals surface area contributed by atoms with E-state index in [2.05, 4.69) is 15.9 Å². The van der Waals surface area contributed by atoms with Crippen LogP contribution in [-0.2, 0) is 4.79 Å². The molecule has 1 aliphatic heterocycles. The van der Waals surface area contributed by atoms with Crippen molar-refractivity contribution in [2.75, 3.05) is 7.11 Å². The molecule has 6 heteroatoms. The van der Waals surface area contributed by atoms with Crippen LogP contribution >= 0.6 is 39.9 Å². The lowest BCUT2D eigenvalue weighted by Gasteiger charge is -2.29. The first-order valence-corrected chi connectivity index (χ1v) is 9.72. The smallest absolute Gasteiger partial charge is 0.266 e. The highest BCUT2D eigenvalue weighted by Gasteiger charge is 2.37. The molecule has 0 spiro atoms. The third-order valence-corrected chi connectivity index (χ3v) is 6.07. The van der Waals surface area contributed by atoms with Gasteiger partial charge in [-0.05, 0) is 37.1 Å². The van der Waals surface area contributed by atoms with Gasteiger partial charge in [0.05, 0.1) is 12.0 Å². The molecule has 2 aliphatic rings. The highest BCUT2D eigenvalue weighted by atomic mass is 79.9. The average molecular weight is 412 g/mol. The number of carbonyl (C=O) groups excluding carboxylic acids is 1. The number of amides is 1. The Hall–Kier alpha value is -0.850. The zero-order chi connectivity index (χ0) is 16.4. The average Bonchev–Trinajstić information content (AvgIpc) is 2.82. The van der Waals surface area contributed by atoms with E-state index in [1.54, 1.807) is 7.11 Å². The molecule has 0 radical (unpaired) electrons. The van der Waals surface area contributed by atoms with Crippen LogP contribution in [0.3, 0.4) is 0 Å². The normalized spacial score (nSPS) is 21.3. The van der Waals surface area contributed by atoms with Crippen molar-refractivity contribution < 1.29 is 9.53 Å². The summed E-state index contributed by atoms with van der Waals surface area (Å²) >= 11 is 10.3. The van der Waals surface area contributed by atoms with Gasteiger partial charge in [-0.1, -0.05) is 59.2 Å². The van der Waals surface area contributed by atoms with Gasteiger partial charge >= 0.3 is 0 Å². The number of ether oxygens (including phenoxy) is 1. The maximum absolute atomic E-state index is 12.8. The van der Waals surface area contributed by atoms with Gasteiger partial charge in [-0.25, -0.2) is 0 Å². The van der Waals surface area contributed by atoms with E-state index in [0.29, 0.717) is 9.23 Å². The molecule has 0 N–H and O–H groups in total. The molecule has 0 aromatic heterocycles. The van der Waals surface area contributed by atoms with Crippen LogP contribution in [0.2, 0.25) is 0 Å². The Labute approximate surface area is 154 Å². The Balaban J connectivity index is 1.88. The number of methoxy groups -OCH3 is 1. The minimum absolute atomic E-state index is 0.0360. The van der Waals surface area contributed by atoms with Crippen LogP contribution in [0.5, 0.6) is 5.75 Å². The molecular weight excluding hydrogens is 394 g/mol. The summed E-state index contributed by atoms with van der Waals surface area (Å²) in [4.78, 5) is 15.3. The second-order valence-electron chi connectivity index (χ2n) is 5.73. The number of carbonyl (C=O) groups is 1. The van der Waals surface area contributed by atoms with Gasteiger partial charge in [-0.15, -0.1) is 0 Å². The summed E-state index contributed by atoms with van der Waals surface area (Å²) in [6.07, 6.45) is 7.61. The molecule has 1 aromatic carbocycles. The van der Waals surface area contributed by atoms with Gasteiger partial charge in [0.1, 0.15) is 10.1 Å². The summed E-state index contributed by atoms with van der Waals surface area (Å²) in [6.45, 7) is 0. The third kappa shape index (κ3) is 3.64. The molecule has 3 nitrogen and oxygen atoms in total. The predicted octanol–water partition coefficient (Wildman–Crippen LogP) is 4.99. The minimum Gasteiger partial charge on any atom is -0.496 e. The van der Waals surface area contributed by atoms with Crippen molar-refractivity contribution in [3.8, 4) is 5.75 Å². The van der Waals surface area contributed by atoms with Crippen molar-refractivity contribution in [2.24, 2.45) is 0 Å². The van der Waals surface area contributed by atoms with E-state index < -0.39 is 0 Å². The molecule has 122 valence electrons. The van der Waals surface area contributed by atoms with Crippen LogP contribution in [0.4, 0.5) is 0 Å². The molecular formula is C17H18BrNO2S2. The lowest BCUT2D eigenvalue weighted by Crippen LogP contribution is -2.39. The Morgan fingerprint density at radius 1 is 1.35 bits per heavy atom. The fourth-order valence-corrected chi connectivity index (χ4v) is 4.86. The molecule has 0 unspecified atom stereocenters. The number of thioether (sulfide) groups is 1. The van der Waals surface area contributed by atoms with Gasteiger partial charge < -0.3 is 4.74 Å². The Morgan fingerprint density at radius 3 is 2.78 bits per heavy atom. The summed E-state index contributed by atoms with van der Waals surface area (Å²) in [5.41, 5.74) is 0.881. The van der Waals surface area contributed by atoms with E-state index in [9.17, 15) is 4.79 Å². The maximum Gasteiger partial charge on any atom is 0.266 e. The van der Waals surface area contributed by atoms with E-state index in [1.165, 1.54) is 31.0 Å². The Kier molecular flexibility index (Phi) is 5.44. The molecule has 1 saturated carbocycles. The third-order valence-electron chi connectivity index (χ3n) is 4.24. The van der Waals surface area contributed by atoms with Gasteiger partial charge in [-0.2, -0.15) is 0 Å². The van der Waals surface area contributed by atoms with E-state index in [-0.39, 0.29) is 11.9 Å². The van der Waals surface area contributed by atoms with Gasteiger partial charge in [0, 0.05) is 16.1 Å². The van der Waals surface area contributed by atoms with Gasteiger partial charge in [0.15, 0.2) is 0 Å². The van der Waals surface area contributed by atoms with Crippen molar-refractivity contribution in [3.05, 3.63) is 33.1 Å². The molecule has 1 aromatic rings. The largest absolute Gasteiger partial charge is 0.496 e. The van der Waals surface area contributed by atoms with Crippen molar-refractivity contribution in [1.29, 1.82) is 0 Å². The first-order chi connectivity index (χ1) is 11.1. The second kappa shape index (κ2) is 7.36. The molecule has 2 fully saturated rings. The number of hydrogen-bond donors (Lipinski definition) is 0. The number of thiocarbonyl (C=S) groups is 1. The molecule has 1 aliphatic carbocycles. The fraction of sp³-hybridized carbons (Fsp3) is 0.412. The zero-order valence-electron chi connectivity index (χ0n) is 12.9. The number of benzene rings is 1. The van der Waals surface area contributed by atoms with E-state index in [1.807, 2.05) is 29.2 Å². The lowest BCUT2D eigenvalue weighted by molar-refractivity contribution is -0.124. The molecule has 1 heterocycles. The van der Waals surface area contributed by atoms with Gasteiger partial charge in [0.25, 0.3) is 5.91 Å². The number of hydrogen-bond acceptors (Lipinski definition) is 4. The van der Waals surface area contributed by atoms with Crippen molar-refractivity contribution in [3.63, 3.8) is 0 Å². The summed E-state index contributed by atoms with van der Waals surface area (Å²) in [5.74, 6) is 0.782. The SMILES string of the molecule is COc1ccc(Br)cc1/C=C1/SC(=S)N(C2CCCCC2)C1=O. The lowest BCUT2D eigenvalue weighted by atomic mass is 9.94. The highest BCUT2D eigenvalue weighted by Crippen LogP contribution is 2.38. The summed E-state index contributed by atoms with van der Waals surface area (Å²) < 4.78 is 7.02. The standard InChI is InChI=1S/C17H18BrNO2S2/c1-21-14-8-7-12(18)9-11(14)10-15-16(20)19(17(22)23-15)13-5-3-2-4-6-13/h7-10,13H,2-6H2,1H3/b15-10+. The van der Waals surface area contributed by atoms with Gasteiger partial charge in [0.2, 0.25) is 0 Å². The number of nitrogens with zero attached hydrogens (tertiary/aromatic N) is 1. The summed E-state index contributed by atoms with van der Waals surface area (Å²) in [6, 6.07) is 6.03. The fourth-order valence-electron chi connectivity index (χ4n) is 3.09. The maximum atomic E-state index is 12.8. The quantitative estimate of drug-likeness (QED) is 0.517. The second-order valence-corrected chi connectivity index (χ2v) is 8.32. The first-order valence-electron chi connectivity index (χ1n) is 7.71. The molecule has 23 heavy (non-hydrogen) atoms. The summed E-state index contributed by atoms with van der Waals surface area (Å²) in [7, 11) is 1.63. The van der Waals surface area contributed by atoms with Crippen molar-refractivity contribution >= 4 is 56.2 Å². The monoisotopic (exact) mass is 411 g/mol. The van der Waals surface area contributed by atoms with Crippen LogP contribution in [-0.4, -0.2) is 28.3 Å². The van der Waals surface area contributed by atoms with Crippen LogP contribution in [0.1, 0.15) is 37.7 Å². The van der Waals surface area contributed by atoms with Crippen LogP contribution in [0.25, 0.3) is 6.08 Å². The van der Waals surface area contributed by atoms with Crippen molar-refractivity contribution in [2.45, 2.75) is 38.1 Å². The molecule has 1 amide bonds. The van der Waals surface area contributed by atoms with Crippen LogP contribution < -0.4 is 4.74 Å².